The number of benzene rings is 1. The minimum Gasteiger partial charge on any atom is -0.490 e. The molecule has 1 N–H and O–H groups in total. The molecule has 1 aromatic rings. The van der Waals surface area contributed by atoms with Gasteiger partial charge in [-0.1, -0.05) is 0 Å². The zero-order valence-electron chi connectivity index (χ0n) is 13.8. The van der Waals surface area contributed by atoms with Crippen LogP contribution in [0, 0.1) is 0 Å². The molecule has 0 aliphatic carbocycles. The van der Waals surface area contributed by atoms with Crippen molar-refractivity contribution in [1.82, 2.24) is 10.3 Å². The van der Waals surface area contributed by atoms with Crippen molar-refractivity contribution < 1.29 is 14.3 Å². The molecule has 122 valence electrons. The van der Waals surface area contributed by atoms with Crippen LogP contribution in [-0.4, -0.2) is 50.4 Å². The minimum atomic E-state index is -0.0340. The van der Waals surface area contributed by atoms with E-state index in [9.17, 15) is 4.79 Å². The van der Waals surface area contributed by atoms with Crippen molar-refractivity contribution in [3.05, 3.63) is 23.8 Å². The van der Waals surface area contributed by atoms with Crippen molar-refractivity contribution in [3.8, 4) is 11.5 Å². The predicted octanol–water partition coefficient (Wildman–Crippen LogP) is 1.89. The Morgan fingerprint density at radius 3 is 2.55 bits per heavy atom. The molecular weight excluding hydrogens is 282 g/mol. The second-order valence-electron chi connectivity index (χ2n) is 4.48. The van der Waals surface area contributed by atoms with Gasteiger partial charge in [0, 0.05) is 20.1 Å². The molecular formula is C16H25N3O3. The third-order valence-corrected chi connectivity index (χ3v) is 3.08. The van der Waals surface area contributed by atoms with Crippen LogP contribution in [0.3, 0.4) is 0 Å². The number of nitrogens with one attached hydrogen (secondary N) is 1. The van der Waals surface area contributed by atoms with Crippen LogP contribution in [0.15, 0.2) is 23.3 Å². The summed E-state index contributed by atoms with van der Waals surface area (Å²) >= 11 is 0. The van der Waals surface area contributed by atoms with E-state index in [1.54, 1.807) is 24.2 Å². The largest absolute Gasteiger partial charge is 0.490 e. The average molecular weight is 307 g/mol. The number of ether oxygens (including phenoxy) is 2. The zero-order chi connectivity index (χ0) is 16.4. The Bertz CT molecular complexity index is 499. The molecule has 6 heteroatoms. The van der Waals surface area contributed by atoms with Gasteiger partial charge < -0.3 is 19.8 Å². The Kier molecular flexibility index (Phi) is 7.81. The third kappa shape index (κ3) is 5.27. The van der Waals surface area contributed by atoms with E-state index in [2.05, 4.69) is 10.5 Å². The number of hydrazone groups is 1. The molecule has 1 rings (SSSR count). The quantitative estimate of drug-likeness (QED) is 0.559. The summed E-state index contributed by atoms with van der Waals surface area (Å²) in [6.07, 6.45) is 1.69. The molecule has 0 bridgehead atoms. The lowest BCUT2D eigenvalue weighted by Crippen LogP contribution is -2.34. The normalized spacial score (nSPS) is 10.5. The summed E-state index contributed by atoms with van der Waals surface area (Å²) in [7, 11) is 1.73. The Hall–Kier alpha value is -2.24. The van der Waals surface area contributed by atoms with E-state index in [1.165, 1.54) is 0 Å². The third-order valence-electron chi connectivity index (χ3n) is 3.08. The lowest BCUT2D eigenvalue weighted by atomic mass is 10.2. The monoisotopic (exact) mass is 307 g/mol. The molecule has 1 amide bonds. The minimum absolute atomic E-state index is 0.00566. The number of amides is 1. The van der Waals surface area contributed by atoms with E-state index >= 15 is 0 Å². The SMILES string of the molecule is CCOc1cc(/C=N/NC)ccc1OCC(=O)N(CC)CC. The van der Waals surface area contributed by atoms with Gasteiger partial charge in [-0.15, -0.1) is 0 Å². The molecule has 0 saturated heterocycles. The maximum atomic E-state index is 12.0. The van der Waals surface area contributed by atoms with Crippen molar-refractivity contribution in [1.29, 1.82) is 0 Å². The van der Waals surface area contributed by atoms with Gasteiger partial charge in [-0.05, 0) is 44.5 Å². The molecule has 0 radical (unpaired) electrons. The van der Waals surface area contributed by atoms with Crippen LogP contribution in [0.25, 0.3) is 0 Å². The summed E-state index contributed by atoms with van der Waals surface area (Å²) in [4.78, 5) is 13.7. The van der Waals surface area contributed by atoms with Gasteiger partial charge in [0.25, 0.3) is 5.91 Å². The molecule has 0 spiro atoms. The van der Waals surface area contributed by atoms with E-state index in [-0.39, 0.29) is 12.5 Å². The summed E-state index contributed by atoms with van der Waals surface area (Å²) in [6.45, 7) is 7.68. The smallest absolute Gasteiger partial charge is 0.260 e. The van der Waals surface area contributed by atoms with Gasteiger partial charge in [-0.25, -0.2) is 0 Å². The van der Waals surface area contributed by atoms with Gasteiger partial charge in [0.05, 0.1) is 12.8 Å². The van der Waals surface area contributed by atoms with Crippen LogP contribution >= 0.6 is 0 Å². The Morgan fingerprint density at radius 2 is 1.95 bits per heavy atom. The number of nitrogens with zero attached hydrogens (tertiary/aromatic N) is 2. The summed E-state index contributed by atoms with van der Waals surface area (Å²) in [5.41, 5.74) is 3.58. The van der Waals surface area contributed by atoms with E-state index in [0.717, 1.165) is 5.56 Å². The predicted molar refractivity (Wildman–Crippen MR) is 87.7 cm³/mol. The lowest BCUT2D eigenvalue weighted by molar-refractivity contribution is -0.132. The number of carbonyl (C=O) groups is 1. The first-order valence-corrected chi connectivity index (χ1v) is 7.53. The standard InChI is InChI=1S/C16H25N3O3/c1-5-19(6-2)16(20)12-22-14-9-8-13(11-18-17-4)10-15(14)21-7-3/h8-11,17H,5-7,12H2,1-4H3/b18-11+. The van der Waals surface area contributed by atoms with Gasteiger partial charge in [0.1, 0.15) is 0 Å². The molecule has 0 aliphatic rings. The van der Waals surface area contributed by atoms with E-state index < -0.39 is 0 Å². The van der Waals surface area contributed by atoms with E-state index in [4.69, 9.17) is 9.47 Å². The fourth-order valence-electron chi connectivity index (χ4n) is 1.94. The summed E-state index contributed by atoms with van der Waals surface area (Å²) in [5, 5.41) is 3.96. The molecule has 1 aromatic carbocycles. The van der Waals surface area contributed by atoms with Crippen LogP contribution in [-0.2, 0) is 4.79 Å². The van der Waals surface area contributed by atoms with Crippen molar-refractivity contribution in [2.45, 2.75) is 20.8 Å². The fraction of sp³-hybridized carbons (Fsp3) is 0.500. The van der Waals surface area contributed by atoms with Crippen molar-refractivity contribution in [2.24, 2.45) is 5.10 Å². The summed E-state index contributed by atoms with van der Waals surface area (Å²) < 4.78 is 11.2. The van der Waals surface area contributed by atoms with Crippen molar-refractivity contribution in [2.75, 3.05) is 33.4 Å². The number of hydrogen-bond donors (Lipinski definition) is 1. The Labute approximate surface area is 132 Å². The molecule has 0 unspecified atom stereocenters. The van der Waals surface area contributed by atoms with Crippen LogP contribution < -0.4 is 14.9 Å². The lowest BCUT2D eigenvalue weighted by Gasteiger charge is -2.19. The van der Waals surface area contributed by atoms with Crippen molar-refractivity contribution in [3.63, 3.8) is 0 Å². The van der Waals surface area contributed by atoms with Gasteiger partial charge >= 0.3 is 0 Å². The highest BCUT2D eigenvalue weighted by Crippen LogP contribution is 2.28. The maximum absolute atomic E-state index is 12.0. The first kappa shape index (κ1) is 17.8. The highest BCUT2D eigenvalue weighted by molar-refractivity contribution is 5.81. The van der Waals surface area contributed by atoms with Crippen molar-refractivity contribution >= 4 is 12.1 Å². The molecule has 0 aliphatic heterocycles. The van der Waals surface area contributed by atoms with Gasteiger partial charge in [-0.2, -0.15) is 5.10 Å². The van der Waals surface area contributed by atoms with Gasteiger partial charge in [0.2, 0.25) is 0 Å². The van der Waals surface area contributed by atoms with Gasteiger partial charge in [0.15, 0.2) is 18.1 Å². The average Bonchev–Trinajstić information content (AvgIpc) is 2.53. The first-order valence-electron chi connectivity index (χ1n) is 7.53. The van der Waals surface area contributed by atoms with Crippen LogP contribution in [0.1, 0.15) is 26.3 Å². The van der Waals surface area contributed by atoms with Gasteiger partial charge in [-0.3, -0.25) is 4.79 Å². The molecule has 0 fully saturated rings. The number of rotatable bonds is 9. The number of likely N-dealkylation sites (N-methyl/N-ethyl adjacent to an activating group) is 1. The fourth-order valence-corrected chi connectivity index (χ4v) is 1.94. The molecule has 0 aromatic heterocycles. The topological polar surface area (TPSA) is 63.2 Å². The second-order valence-corrected chi connectivity index (χ2v) is 4.48. The molecule has 0 heterocycles. The summed E-state index contributed by atoms with van der Waals surface area (Å²) in [5.74, 6) is 1.13. The number of hydrogen-bond acceptors (Lipinski definition) is 5. The van der Waals surface area contributed by atoms with E-state index in [1.807, 2.05) is 32.9 Å². The Balaban J connectivity index is 2.80. The highest BCUT2D eigenvalue weighted by atomic mass is 16.5. The molecule has 22 heavy (non-hydrogen) atoms. The number of carbonyl (C=O) groups excluding carboxylic acids is 1. The van der Waals surface area contributed by atoms with Crippen LogP contribution in [0.5, 0.6) is 11.5 Å². The molecule has 0 saturated carbocycles. The maximum Gasteiger partial charge on any atom is 0.260 e. The summed E-state index contributed by atoms with van der Waals surface area (Å²) in [6, 6.07) is 5.49. The molecule has 0 atom stereocenters. The van der Waals surface area contributed by atoms with E-state index in [0.29, 0.717) is 31.2 Å². The highest BCUT2D eigenvalue weighted by Gasteiger charge is 2.12. The molecule has 6 nitrogen and oxygen atoms in total. The zero-order valence-corrected chi connectivity index (χ0v) is 13.8. The Morgan fingerprint density at radius 1 is 1.23 bits per heavy atom. The first-order chi connectivity index (χ1) is 10.7. The second kappa shape index (κ2) is 9.65. The van der Waals surface area contributed by atoms with Crippen LogP contribution in [0.4, 0.5) is 0 Å². The van der Waals surface area contributed by atoms with Crippen LogP contribution in [0.2, 0.25) is 0 Å².